The molecule has 2 bridgehead atoms. The molecule has 0 saturated heterocycles. The van der Waals surface area contributed by atoms with Crippen LogP contribution in [0.2, 0.25) is 0 Å². The summed E-state index contributed by atoms with van der Waals surface area (Å²) in [4.78, 5) is 8.20. The minimum absolute atomic E-state index is 0.683. The molecule has 98 valence electrons. The molecule has 1 heterocycles. The van der Waals surface area contributed by atoms with Crippen molar-refractivity contribution in [1.29, 1.82) is 0 Å². The Morgan fingerprint density at radius 1 is 1.11 bits per heavy atom. The molecule has 2 aliphatic carbocycles. The van der Waals surface area contributed by atoms with Crippen molar-refractivity contribution in [1.82, 2.24) is 9.97 Å². The molecule has 2 nitrogen and oxygen atoms in total. The molecule has 3 unspecified atom stereocenters. The van der Waals surface area contributed by atoms with Gasteiger partial charge in [0, 0.05) is 10.4 Å². The second-order valence-corrected chi connectivity index (χ2v) is 6.89. The van der Waals surface area contributed by atoms with Gasteiger partial charge in [-0.1, -0.05) is 34.5 Å². The van der Waals surface area contributed by atoms with Gasteiger partial charge < -0.3 is 4.98 Å². The molecule has 2 aliphatic rings. The van der Waals surface area contributed by atoms with Crippen molar-refractivity contribution in [2.45, 2.75) is 31.6 Å². The Bertz CT molecular complexity index is 587. The third-order valence-electron chi connectivity index (χ3n) is 4.84. The Kier molecular flexibility index (Phi) is 2.76. The zero-order valence-corrected chi connectivity index (χ0v) is 12.4. The van der Waals surface area contributed by atoms with Crippen LogP contribution in [0.15, 0.2) is 34.9 Å². The first-order chi connectivity index (χ1) is 9.29. The molecule has 2 fully saturated rings. The van der Waals surface area contributed by atoms with Crippen molar-refractivity contribution >= 4 is 15.9 Å². The largest absolute Gasteiger partial charge is 0.342 e. The lowest BCUT2D eigenvalue weighted by Crippen LogP contribution is -2.09. The van der Waals surface area contributed by atoms with Crippen LogP contribution in [0, 0.1) is 11.8 Å². The van der Waals surface area contributed by atoms with Gasteiger partial charge in [-0.3, -0.25) is 0 Å². The summed E-state index contributed by atoms with van der Waals surface area (Å²) in [5.41, 5.74) is 2.36. The van der Waals surface area contributed by atoms with E-state index in [9.17, 15) is 0 Å². The van der Waals surface area contributed by atoms with Crippen molar-refractivity contribution in [3.05, 3.63) is 40.8 Å². The highest BCUT2D eigenvalue weighted by molar-refractivity contribution is 9.10. The minimum atomic E-state index is 0.683. The first kappa shape index (κ1) is 11.7. The third kappa shape index (κ3) is 2.04. The van der Waals surface area contributed by atoms with Gasteiger partial charge in [-0.25, -0.2) is 4.98 Å². The third-order valence-corrected chi connectivity index (χ3v) is 5.37. The van der Waals surface area contributed by atoms with Crippen LogP contribution in [-0.2, 0) is 0 Å². The molecule has 1 aromatic heterocycles. The van der Waals surface area contributed by atoms with E-state index >= 15 is 0 Å². The Labute approximate surface area is 121 Å². The average molecular weight is 317 g/mol. The van der Waals surface area contributed by atoms with Gasteiger partial charge in [0.05, 0.1) is 11.9 Å². The van der Waals surface area contributed by atoms with E-state index in [0.717, 1.165) is 22.0 Å². The molecule has 0 aliphatic heterocycles. The fraction of sp³-hybridized carbons (Fsp3) is 0.438. The van der Waals surface area contributed by atoms with E-state index < -0.39 is 0 Å². The molecular formula is C16H17BrN2. The number of aromatic nitrogens is 2. The highest BCUT2D eigenvalue weighted by Gasteiger charge is 2.41. The fourth-order valence-electron chi connectivity index (χ4n) is 3.88. The van der Waals surface area contributed by atoms with E-state index in [0.29, 0.717) is 5.92 Å². The quantitative estimate of drug-likeness (QED) is 0.851. The maximum atomic E-state index is 4.65. The van der Waals surface area contributed by atoms with Crippen molar-refractivity contribution < 1.29 is 0 Å². The maximum absolute atomic E-state index is 4.65. The maximum Gasteiger partial charge on any atom is 0.109 e. The smallest absolute Gasteiger partial charge is 0.109 e. The lowest BCUT2D eigenvalue weighted by molar-refractivity contribution is 0.407. The van der Waals surface area contributed by atoms with Crippen molar-refractivity contribution in [3.63, 3.8) is 0 Å². The van der Waals surface area contributed by atoms with Crippen LogP contribution in [-0.4, -0.2) is 9.97 Å². The standard InChI is InChI=1S/C16H17BrN2/c17-13-5-3-11(4-6-13)15-9-18-16(19-15)14-8-10-1-2-12(14)7-10/h3-6,9-10,12,14H,1-2,7-8H2,(H,18,19). The number of hydrogen-bond donors (Lipinski definition) is 1. The van der Waals surface area contributed by atoms with Gasteiger partial charge in [-0.15, -0.1) is 0 Å². The SMILES string of the molecule is Brc1ccc(-c2cnc(C3CC4CCC3C4)[nH]2)cc1. The van der Waals surface area contributed by atoms with Gasteiger partial charge in [-0.05, 0) is 48.8 Å². The number of fused-ring (bicyclic) bond motifs is 2. The number of halogens is 1. The zero-order chi connectivity index (χ0) is 12.8. The molecule has 3 heteroatoms. The number of benzene rings is 1. The molecule has 19 heavy (non-hydrogen) atoms. The number of nitrogens with one attached hydrogen (secondary N) is 1. The van der Waals surface area contributed by atoms with Gasteiger partial charge in [0.1, 0.15) is 5.82 Å². The highest BCUT2D eigenvalue weighted by atomic mass is 79.9. The predicted molar refractivity (Wildman–Crippen MR) is 79.9 cm³/mol. The molecule has 0 radical (unpaired) electrons. The van der Waals surface area contributed by atoms with E-state index in [4.69, 9.17) is 0 Å². The summed E-state index contributed by atoms with van der Waals surface area (Å²) in [5, 5.41) is 0. The Hall–Kier alpha value is -1.09. The number of hydrogen-bond acceptors (Lipinski definition) is 1. The van der Waals surface area contributed by atoms with Crippen molar-refractivity contribution in [3.8, 4) is 11.3 Å². The van der Waals surface area contributed by atoms with Crippen LogP contribution < -0.4 is 0 Å². The normalized spacial score (nSPS) is 29.0. The number of aromatic amines is 1. The molecule has 3 atom stereocenters. The molecule has 4 rings (SSSR count). The van der Waals surface area contributed by atoms with Crippen LogP contribution in [0.5, 0.6) is 0 Å². The number of nitrogens with zero attached hydrogens (tertiary/aromatic N) is 1. The first-order valence-electron chi connectivity index (χ1n) is 7.10. The zero-order valence-electron chi connectivity index (χ0n) is 10.8. The number of imidazole rings is 1. The van der Waals surface area contributed by atoms with E-state index in [-0.39, 0.29) is 0 Å². The minimum Gasteiger partial charge on any atom is -0.342 e. The summed E-state index contributed by atoms with van der Waals surface area (Å²) in [6.07, 6.45) is 7.62. The van der Waals surface area contributed by atoms with E-state index in [2.05, 4.69) is 50.2 Å². The summed E-state index contributed by atoms with van der Waals surface area (Å²) >= 11 is 3.47. The lowest BCUT2D eigenvalue weighted by atomic mass is 9.88. The molecule has 2 saturated carbocycles. The van der Waals surface area contributed by atoms with Crippen LogP contribution in [0.1, 0.15) is 37.4 Å². The van der Waals surface area contributed by atoms with Crippen LogP contribution in [0.4, 0.5) is 0 Å². The summed E-state index contributed by atoms with van der Waals surface area (Å²) in [6.45, 7) is 0. The summed E-state index contributed by atoms with van der Waals surface area (Å²) in [7, 11) is 0. The Morgan fingerprint density at radius 3 is 2.63 bits per heavy atom. The summed E-state index contributed by atoms with van der Waals surface area (Å²) < 4.78 is 1.11. The van der Waals surface area contributed by atoms with Crippen LogP contribution in [0.25, 0.3) is 11.3 Å². The molecule has 2 aromatic rings. The predicted octanol–water partition coefficient (Wildman–Crippen LogP) is 4.74. The van der Waals surface area contributed by atoms with E-state index in [1.54, 1.807) is 0 Å². The second kappa shape index (κ2) is 4.48. The molecular weight excluding hydrogens is 300 g/mol. The number of rotatable bonds is 2. The molecule has 1 N–H and O–H groups in total. The van der Waals surface area contributed by atoms with Gasteiger partial charge >= 0.3 is 0 Å². The fourth-order valence-corrected chi connectivity index (χ4v) is 4.15. The summed E-state index contributed by atoms with van der Waals surface area (Å²) in [5.74, 6) is 3.75. The van der Waals surface area contributed by atoms with Gasteiger partial charge in [0.25, 0.3) is 0 Å². The van der Waals surface area contributed by atoms with Gasteiger partial charge in [0.2, 0.25) is 0 Å². The average Bonchev–Trinajstić information content (AvgIpc) is 3.15. The van der Waals surface area contributed by atoms with E-state index in [1.165, 1.54) is 37.1 Å². The Balaban J connectivity index is 1.61. The van der Waals surface area contributed by atoms with Gasteiger partial charge in [-0.2, -0.15) is 0 Å². The second-order valence-electron chi connectivity index (χ2n) is 5.97. The van der Waals surface area contributed by atoms with Crippen LogP contribution >= 0.6 is 15.9 Å². The molecule has 0 amide bonds. The molecule has 1 aromatic carbocycles. The van der Waals surface area contributed by atoms with Gasteiger partial charge in [0.15, 0.2) is 0 Å². The molecule has 0 spiro atoms. The topological polar surface area (TPSA) is 28.7 Å². The van der Waals surface area contributed by atoms with E-state index in [1.807, 2.05) is 6.20 Å². The summed E-state index contributed by atoms with van der Waals surface area (Å²) in [6, 6.07) is 8.41. The van der Waals surface area contributed by atoms with Crippen molar-refractivity contribution in [2.75, 3.05) is 0 Å². The monoisotopic (exact) mass is 316 g/mol. The van der Waals surface area contributed by atoms with Crippen molar-refractivity contribution in [2.24, 2.45) is 11.8 Å². The van der Waals surface area contributed by atoms with Crippen LogP contribution in [0.3, 0.4) is 0 Å². The number of H-pyrrole nitrogens is 1. The Morgan fingerprint density at radius 2 is 1.95 bits per heavy atom. The highest BCUT2D eigenvalue weighted by Crippen LogP contribution is 2.52. The lowest BCUT2D eigenvalue weighted by Gasteiger charge is -2.19. The first-order valence-corrected chi connectivity index (χ1v) is 7.90.